The van der Waals surface area contributed by atoms with Gasteiger partial charge in [0, 0.05) is 17.0 Å². The predicted molar refractivity (Wildman–Crippen MR) is 77.7 cm³/mol. The second-order valence-electron chi connectivity index (χ2n) is 4.79. The lowest BCUT2D eigenvalue weighted by atomic mass is 10.0. The molecule has 1 aromatic carbocycles. The molecule has 0 aliphatic heterocycles. The Hall–Kier alpha value is -2.69. The second kappa shape index (κ2) is 5.36. The van der Waals surface area contributed by atoms with E-state index in [1.807, 2.05) is 0 Å². The highest BCUT2D eigenvalue weighted by Crippen LogP contribution is 2.29. The molecular weight excluding hydrogens is 272 g/mol. The van der Waals surface area contributed by atoms with Crippen LogP contribution in [-0.2, 0) is 4.79 Å². The van der Waals surface area contributed by atoms with Crippen molar-refractivity contribution < 1.29 is 18.7 Å². The van der Waals surface area contributed by atoms with Crippen molar-refractivity contribution in [2.24, 2.45) is 0 Å². The van der Waals surface area contributed by atoms with Gasteiger partial charge in [-0.15, -0.1) is 0 Å². The van der Waals surface area contributed by atoms with E-state index in [2.05, 4.69) is 6.58 Å². The van der Waals surface area contributed by atoms with Gasteiger partial charge in [0.2, 0.25) is 0 Å². The molecule has 0 spiro atoms. The molecule has 21 heavy (non-hydrogen) atoms. The fraction of sp³-hybridized carbons (Fsp3) is 0.188. The van der Waals surface area contributed by atoms with E-state index in [9.17, 15) is 14.4 Å². The lowest BCUT2D eigenvalue weighted by Gasteiger charge is -2.10. The SMILES string of the molecule is C=C(C)C(=O)Oc1ccc2c(C)cc(=O)oc2c1C(C)=O. The molecule has 0 radical (unpaired) electrons. The summed E-state index contributed by atoms with van der Waals surface area (Å²) >= 11 is 0. The predicted octanol–water partition coefficient (Wildman–Crippen LogP) is 2.79. The lowest BCUT2D eigenvalue weighted by molar-refractivity contribution is -0.130. The summed E-state index contributed by atoms with van der Waals surface area (Å²) in [7, 11) is 0. The molecule has 0 unspecified atom stereocenters. The average molecular weight is 286 g/mol. The second-order valence-corrected chi connectivity index (χ2v) is 4.79. The van der Waals surface area contributed by atoms with Crippen molar-refractivity contribution >= 4 is 22.7 Å². The van der Waals surface area contributed by atoms with Crippen molar-refractivity contribution in [2.75, 3.05) is 0 Å². The van der Waals surface area contributed by atoms with Crippen LogP contribution in [0.2, 0.25) is 0 Å². The summed E-state index contributed by atoms with van der Waals surface area (Å²) in [5.74, 6) is -0.956. The summed E-state index contributed by atoms with van der Waals surface area (Å²) in [4.78, 5) is 35.0. The van der Waals surface area contributed by atoms with Crippen LogP contribution in [0.25, 0.3) is 11.0 Å². The topological polar surface area (TPSA) is 73.6 Å². The quantitative estimate of drug-likeness (QED) is 0.285. The molecule has 0 saturated heterocycles. The molecule has 2 aromatic rings. The van der Waals surface area contributed by atoms with E-state index in [1.54, 1.807) is 13.0 Å². The zero-order valence-electron chi connectivity index (χ0n) is 12.0. The molecule has 2 rings (SSSR count). The van der Waals surface area contributed by atoms with Crippen molar-refractivity contribution in [3.05, 3.63) is 51.9 Å². The Morgan fingerprint density at radius 3 is 2.48 bits per heavy atom. The first-order valence-electron chi connectivity index (χ1n) is 6.27. The first kappa shape index (κ1) is 14.7. The first-order valence-corrected chi connectivity index (χ1v) is 6.27. The fourth-order valence-electron chi connectivity index (χ4n) is 1.97. The largest absolute Gasteiger partial charge is 0.422 e. The Labute approximate surface area is 120 Å². The van der Waals surface area contributed by atoms with E-state index >= 15 is 0 Å². The molecule has 1 heterocycles. The number of hydrogen-bond acceptors (Lipinski definition) is 5. The van der Waals surface area contributed by atoms with Gasteiger partial charge < -0.3 is 9.15 Å². The Morgan fingerprint density at radius 1 is 1.24 bits per heavy atom. The zero-order chi connectivity index (χ0) is 15.7. The zero-order valence-corrected chi connectivity index (χ0v) is 12.0. The number of ketones is 1. The molecule has 1 aromatic heterocycles. The highest BCUT2D eigenvalue weighted by atomic mass is 16.5. The standard InChI is InChI=1S/C16H14O5/c1-8(2)16(19)20-12-6-5-11-9(3)7-13(18)21-15(11)14(12)10(4)17/h5-7H,1H2,2-4H3. The number of fused-ring (bicyclic) bond motifs is 1. The van der Waals surface area contributed by atoms with Crippen molar-refractivity contribution in [3.8, 4) is 5.75 Å². The Kier molecular flexibility index (Phi) is 3.76. The van der Waals surface area contributed by atoms with Gasteiger partial charge in [0.25, 0.3) is 0 Å². The molecular formula is C16H14O5. The number of carbonyl (C=O) groups excluding carboxylic acids is 2. The van der Waals surface area contributed by atoms with Gasteiger partial charge in [-0.2, -0.15) is 0 Å². The van der Waals surface area contributed by atoms with Gasteiger partial charge in [-0.3, -0.25) is 4.79 Å². The van der Waals surface area contributed by atoms with Crippen LogP contribution < -0.4 is 10.4 Å². The average Bonchev–Trinajstić information content (AvgIpc) is 2.37. The summed E-state index contributed by atoms with van der Waals surface area (Å²) in [6, 6.07) is 4.49. The molecule has 0 fully saturated rings. The minimum absolute atomic E-state index is 0.0525. The van der Waals surface area contributed by atoms with Gasteiger partial charge in [-0.1, -0.05) is 6.58 Å². The van der Waals surface area contributed by atoms with Gasteiger partial charge in [0.05, 0.1) is 0 Å². The highest BCUT2D eigenvalue weighted by Gasteiger charge is 2.19. The van der Waals surface area contributed by atoms with Gasteiger partial charge >= 0.3 is 11.6 Å². The molecule has 0 saturated carbocycles. The van der Waals surface area contributed by atoms with Gasteiger partial charge in [-0.25, -0.2) is 9.59 Å². The van der Waals surface area contributed by atoms with Crippen molar-refractivity contribution in [1.29, 1.82) is 0 Å². The van der Waals surface area contributed by atoms with Gasteiger partial charge in [0.1, 0.15) is 11.3 Å². The van der Waals surface area contributed by atoms with Crippen molar-refractivity contribution in [1.82, 2.24) is 0 Å². The third-order valence-electron chi connectivity index (χ3n) is 2.98. The summed E-state index contributed by atoms with van der Waals surface area (Å²) in [5.41, 5.74) is 0.519. The maximum Gasteiger partial charge on any atom is 0.338 e. The Bertz CT molecular complexity index is 826. The minimum Gasteiger partial charge on any atom is -0.422 e. The summed E-state index contributed by atoms with van der Waals surface area (Å²) < 4.78 is 10.3. The highest BCUT2D eigenvalue weighted by molar-refractivity contribution is 6.08. The number of benzene rings is 1. The van der Waals surface area contributed by atoms with Crippen LogP contribution >= 0.6 is 0 Å². The van der Waals surface area contributed by atoms with Crippen LogP contribution in [0.3, 0.4) is 0 Å². The molecule has 0 atom stereocenters. The monoisotopic (exact) mass is 286 g/mol. The maximum atomic E-state index is 11.9. The lowest BCUT2D eigenvalue weighted by Crippen LogP contribution is -2.12. The number of Topliss-reactive ketones (excluding diaryl/α,β-unsaturated/α-hetero) is 1. The van der Waals surface area contributed by atoms with Crippen LogP contribution in [-0.4, -0.2) is 11.8 Å². The summed E-state index contributed by atoms with van der Waals surface area (Å²) in [5, 5.41) is 0.620. The number of esters is 1. The van der Waals surface area contributed by atoms with E-state index in [1.165, 1.54) is 26.0 Å². The van der Waals surface area contributed by atoms with Gasteiger partial charge in [-0.05, 0) is 38.5 Å². The van der Waals surface area contributed by atoms with Gasteiger partial charge in [0.15, 0.2) is 11.4 Å². The smallest absolute Gasteiger partial charge is 0.338 e. The normalized spacial score (nSPS) is 10.4. The number of ether oxygens (including phenoxy) is 1. The molecule has 0 bridgehead atoms. The van der Waals surface area contributed by atoms with Crippen LogP contribution in [0.15, 0.2) is 39.6 Å². The molecule has 0 aliphatic rings. The Morgan fingerprint density at radius 2 is 1.90 bits per heavy atom. The fourth-order valence-corrected chi connectivity index (χ4v) is 1.97. The molecule has 0 N–H and O–H groups in total. The molecule has 0 aliphatic carbocycles. The molecule has 0 amide bonds. The molecule has 5 nitrogen and oxygen atoms in total. The van der Waals surface area contributed by atoms with Crippen molar-refractivity contribution in [2.45, 2.75) is 20.8 Å². The molecule has 108 valence electrons. The van der Waals surface area contributed by atoms with E-state index in [0.717, 1.165) is 0 Å². The number of aryl methyl sites for hydroxylation is 1. The van der Waals surface area contributed by atoms with Crippen LogP contribution in [0, 0.1) is 6.92 Å². The van der Waals surface area contributed by atoms with E-state index in [4.69, 9.17) is 9.15 Å². The number of carbonyl (C=O) groups is 2. The molecule has 5 heteroatoms. The minimum atomic E-state index is -0.646. The first-order chi connectivity index (χ1) is 9.81. The van der Waals surface area contributed by atoms with Crippen molar-refractivity contribution in [3.63, 3.8) is 0 Å². The maximum absolute atomic E-state index is 11.9. The van der Waals surface area contributed by atoms with Crippen LogP contribution in [0.4, 0.5) is 0 Å². The van der Waals surface area contributed by atoms with Crippen LogP contribution in [0.5, 0.6) is 5.75 Å². The van der Waals surface area contributed by atoms with Crippen LogP contribution in [0.1, 0.15) is 29.8 Å². The third-order valence-corrected chi connectivity index (χ3v) is 2.98. The summed E-state index contributed by atoms with van der Waals surface area (Å²) in [6.07, 6.45) is 0. The Balaban J connectivity index is 2.76. The number of rotatable bonds is 3. The third kappa shape index (κ3) is 2.76. The van der Waals surface area contributed by atoms with E-state index in [-0.39, 0.29) is 28.3 Å². The number of hydrogen-bond donors (Lipinski definition) is 0. The van der Waals surface area contributed by atoms with E-state index < -0.39 is 11.6 Å². The van der Waals surface area contributed by atoms with E-state index in [0.29, 0.717) is 10.9 Å². The summed E-state index contributed by atoms with van der Waals surface area (Å²) in [6.45, 7) is 8.04.